The van der Waals surface area contributed by atoms with E-state index in [-0.39, 0.29) is 17.5 Å². The molecule has 0 radical (unpaired) electrons. The molecule has 106 valence electrons. The predicted octanol–water partition coefficient (Wildman–Crippen LogP) is 2.12. The van der Waals surface area contributed by atoms with E-state index in [0.717, 1.165) is 5.56 Å². The Morgan fingerprint density at radius 1 is 1.42 bits per heavy atom. The highest BCUT2D eigenvalue weighted by atomic mass is 16.6. The number of nitrogens with zero attached hydrogens (tertiary/aromatic N) is 1. The van der Waals surface area contributed by atoms with Gasteiger partial charge in [0.15, 0.2) is 5.75 Å². The maximum absolute atomic E-state index is 10.9. The number of hydrogen-bond acceptors (Lipinski definition) is 5. The van der Waals surface area contributed by atoms with E-state index >= 15 is 0 Å². The quantitative estimate of drug-likeness (QED) is 0.444. The highest BCUT2D eigenvalue weighted by Gasteiger charge is 2.14. The second-order valence-corrected chi connectivity index (χ2v) is 4.36. The molecule has 0 unspecified atom stereocenters. The first-order valence-electron chi connectivity index (χ1n) is 6.18. The Bertz CT molecular complexity index is 421. The van der Waals surface area contributed by atoms with Crippen LogP contribution in [0.15, 0.2) is 18.2 Å². The molecule has 0 saturated carbocycles. The van der Waals surface area contributed by atoms with Crippen molar-refractivity contribution in [3.05, 3.63) is 33.9 Å². The molecule has 19 heavy (non-hydrogen) atoms. The van der Waals surface area contributed by atoms with Gasteiger partial charge in [-0.05, 0) is 25.5 Å². The smallest absolute Gasteiger partial charge is 0.311 e. The van der Waals surface area contributed by atoms with Crippen LogP contribution in [-0.4, -0.2) is 31.3 Å². The van der Waals surface area contributed by atoms with Crippen molar-refractivity contribution in [2.75, 3.05) is 20.3 Å². The minimum Gasteiger partial charge on any atom is -0.490 e. The lowest BCUT2D eigenvalue weighted by molar-refractivity contribution is -0.385. The van der Waals surface area contributed by atoms with Gasteiger partial charge in [0.1, 0.15) is 0 Å². The van der Waals surface area contributed by atoms with E-state index in [0.29, 0.717) is 19.7 Å². The first kappa shape index (κ1) is 15.4. The second-order valence-electron chi connectivity index (χ2n) is 4.36. The van der Waals surface area contributed by atoms with E-state index in [4.69, 9.17) is 9.47 Å². The normalized spacial score (nSPS) is 10.7. The number of methoxy groups -OCH3 is 1. The number of benzene rings is 1. The highest BCUT2D eigenvalue weighted by molar-refractivity contribution is 5.48. The maximum Gasteiger partial charge on any atom is 0.311 e. The summed E-state index contributed by atoms with van der Waals surface area (Å²) in [7, 11) is 1.42. The van der Waals surface area contributed by atoms with Crippen molar-refractivity contribution in [2.45, 2.75) is 26.5 Å². The molecule has 0 fully saturated rings. The van der Waals surface area contributed by atoms with E-state index in [1.807, 2.05) is 19.9 Å². The SMILES string of the molecule is COc1ccc(CNCCOC(C)C)cc1[N+](=O)[O-]. The molecule has 0 saturated heterocycles. The number of ether oxygens (including phenoxy) is 2. The first-order valence-corrected chi connectivity index (χ1v) is 6.18. The average molecular weight is 268 g/mol. The standard InChI is InChI=1S/C13H20N2O4/c1-10(2)19-7-6-14-9-11-4-5-13(18-3)12(8-11)15(16)17/h4-5,8,10,14H,6-7,9H2,1-3H3. The molecule has 0 aromatic heterocycles. The molecule has 0 bridgehead atoms. The minimum atomic E-state index is -0.440. The molecular weight excluding hydrogens is 248 g/mol. The fourth-order valence-electron chi connectivity index (χ4n) is 1.59. The Morgan fingerprint density at radius 3 is 2.74 bits per heavy atom. The fourth-order valence-corrected chi connectivity index (χ4v) is 1.59. The molecule has 0 atom stereocenters. The van der Waals surface area contributed by atoms with Gasteiger partial charge in [0.05, 0.1) is 24.7 Å². The maximum atomic E-state index is 10.9. The van der Waals surface area contributed by atoms with Crippen molar-refractivity contribution >= 4 is 5.69 Å². The van der Waals surface area contributed by atoms with E-state index in [1.165, 1.54) is 13.2 Å². The van der Waals surface area contributed by atoms with Crippen molar-refractivity contribution in [2.24, 2.45) is 0 Å². The number of nitro groups is 1. The largest absolute Gasteiger partial charge is 0.490 e. The zero-order valence-corrected chi connectivity index (χ0v) is 11.5. The van der Waals surface area contributed by atoms with Crippen molar-refractivity contribution in [1.29, 1.82) is 0 Å². The van der Waals surface area contributed by atoms with E-state index in [9.17, 15) is 10.1 Å². The third-order valence-electron chi connectivity index (χ3n) is 2.50. The molecule has 0 amide bonds. The zero-order valence-electron chi connectivity index (χ0n) is 11.5. The number of hydrogen-bond donors (Lipinski definition) is 1. The Labute approximate surface area is 112 Å². The lowest BCUT2D eigenvalue weighted by atomic mass is 10.2. The van der Waals surface area contributed by atoms with Crippen molar-refractivity contribution < 1.29 is 14.4 Å². The van der Waals surface area contributed by atoms with Gasteiger partial charge in [0, 0.05) is 19.2 Å². The number of rotatable bonds is 8. The molecule has 1 aromatic carbocycles. The number of nitrogens with one attached hydrogen (secondary N) is 1. The van der Waals surface area contributed by atoms with Crippen LogP contribution in [0.4, 0.5) is 5.69 Å². The number of nitro benzene ring substituents is 1. The molecule has 0 spiro atoms. The zero-order chi connectivity index (χ0) is 14.3. The summed E-state index contributed by atoms with van der Waals surface area (Å²) in [6, 6.07) is 4.94. The molecule has 1 rings (SSSR count). The van der Waals surface area contributed by atoms with Gasteiger partial charge in [-0.2, -0.15) is 0 Å². The molecule has 6 nitrogen and oxygen atoms in total. The van der Waals surface area contributed by atoms with Crippen LogP contribution in [0, 0.1) is 10.1 Å². The average Bonchev–Trinajstić information content (AvgIpc) is 2.37. The van der Waals surface area contributed by atoms with Crippen LogP contribution in [0.25, 0.3) is 0 Å². The lowest BCUT2D eigenvalue weighted by Crippen LogP contribution is -2.21. The van der Waals surface area contributed by atoms with Gasteiger partial charge in [-0.15, -0.1) is 0 Å². The third kappa shape index (κ3) is 5.23. The van der Waals surface area contributed by atoms with Crippen LogP contribution in [0.5, 0.6) is 5.75 Å². The third-order valence-corrected chi connectivity index (χ3v) is 2.50. The summed E-state index contributed by atoms with van der Waals surface area (Å²) in [6.07, 6.45) is 0.212. The summed E-state index contributed by atoms with van der Waals surface area (Å²) in [5.41, 5.74) is 0.831. The molecule has 0 aliphatic carbocycles. The molecule has 6 heteroatoms. The molecule has 1 aromatic rings. The monoisotopic (exact) mass is 268 g/mol. The second kappa shape index (κ2) is 7.70. The molecule has 0 aliphatic heterocycles. The van der Waals surface area contributed by atoms with Gasteiger partial charge < -0.3 is 14.8 Å². The van der Waals surface area contributed by atoms with Gasteiger partial charge in [-0.3, -0.25) is 10.1 Å². The summed E-state index contributed by atoms with van der Waals surface area (Å²) in [5.74, 6) is 0.275. The Hall–Kier alpha value is -1.66. The summed E-state index contributed by atoms with van der Waals surface area (Å²) in [6.45, 7) is 5.85. The van der Waals surface area contributed by atoms with Crippen molar-refractivity contribution in [3.8, 4) is 5.75 Å². The van der Waals surface area contributed by atoms with Crippen LogP contribution in [0.1, 0.15) is 19.4 Å². The van der Waals surface area contributed by atoms with Crippen LogP contribution in [0.2, 0.25) is 0 Å². The Kier molecular flexibility index (Phi) is 6.24. The van der Waals surface area contributed by atoms with Gasteiger partial charge in [0.25, 0.3) is 0 Å². The topological polar surface area (TPSA) is 73.6 Å². The molecule has 1 N–H and O–H groups in total. The summed E-state index contributed by atoms with van der Waals surface area (Å²) < 4.78 is 10.3. The summed E-state index contributed by atoms with van der Waals surface area (Å²) in [5, 5.41) is 14.0. The van der Waals surface area contributed by atoms with Gasteiger partial charge in [-0.25, -0.2) is 0 Å². The van der Waals surface area contributed by atoms with Crippen LogP contribution in [0.3, 0.4) is 0 Å². The van der Waals surface area contributed by atoms with E-state index in [1.54, 1.807) is 6.07 Å². The fraction of sp³-hybridized carbons (Fsp3) is 0.538. The van der Waals surface area contributed by atoms with E-state index in [2.05, 4.69) is 5.32 Å². The molecule has 0 aliphatic rings. The highest BCUT2D eigenvalue weighted by Crippen LogP contribution is 2.27. The van der Waals surface area contributed by atoms with Crippen LogP contribution >= 0.6 is 0 Å². The Balaban J connectivity index is 2.50. The lowest BCUT2D eigenvalue weighted by Gasteiger charge is -2.09. The first-order chi connectivity index (χ1) is 9.04. The minimum absolute atomic E-state index is 0.0137. The van der Waals surface area contributed by atoms with E-state index < -0.39 is 4.92 Å². The summed E-state index contributed by atoms with van der Waals surface area (Å²) in [4.78, 5) is 10.4. The van der Waals surface area contributed by atoms with Gasteiger partial charge in [0.2, 0.25) is 0 Å². The molecule has 0 heterocycles. The van der Waals surface area contributed by atoms with Gasteiger partial charge in [-0.1, -0.05) is 6.07 Å². The van der Waals surface area contributed by atoms with Crippen molar-refractivity contribution in [3.63, 3.8) is 0 Å². The Morgan fingerprint density at radius 2 is 2.16 bits per heavy atom. The molecular formula is C13H20N2O4. The predicted molar refractivity (Wildman–Crippen MR) is 72.4 cm³/mol. The van der Waals surface area contributed by atoms with Crippen LogP contribution < -0.4 is 10.1 Å². The van der Waals surface area contributed by atoms with Gasteiger partial charge >= 0.3 is 5.69 Å². The van der Waals surface area contributed by atoms with Crippen molar-refractivity contribution in [1.82, 2.24) is 5.32 Å². The van der Waals surface area contributed by atoms with Crippen LogP contribution in [-0.2, 0) is 11.3 Å². The summed E-state index contributed by atoms with van der Waals surface area (Å²) >= 11 is 0.